The SMILES string of the molecule is COc1ccc(C(=O)COC(=O)c2ccc3c(c2)CCCN3S(C)(=O)=O)cc1. The monoisotopic (exact) mass is 403 g/mol. The van der Waals surface area contributed by atoms with Gasteiger partial charge in [0, 0.05) is 12.1 Å². The molecule has 0 radical (unpaired) electrons. The second-order valence-corrected chi connectivity index (χ2v) is 8.42. The molecule has 8 heteroatoms. The fourth-order valence-corrected chi connectivity index (χ4v) is 4.10. The third-order valence-corrected chi connectivity index (χ3v) is 5.72. The summed E-state index contributed by atoms with van der Waals surface area (Å²) in [4.78, 5) is 24.5. The van der Waals surface area contributed by atoms with E-state index in [9.17, 15) is 18.0 Å². The lowest BCUT2D eigenvalue weighted by Gasteiger charge is -2.29. The highest BCUT2D eigenvalue weighted by molar-refractivity contribution is 7.92. The van der Waals surface area contributed by atoms with Crippen molar-refractivity contribution in [3.05, 3.63) is 59.2 Å². The summed E-state index contributed by atoms with van der Waals surface area (Å²) < 4.78 is 35.3. The van der Waals surface area contributed by atoms with Crippen molar-refractivity contribution in [1.82, 2.24) is 0 Å². The smallest absolute Gasteiger partial charge is 0.338 e. The molecule has 0 spiro atoms. The van der Waals surface area contributed by atoms with E-state index in [1.165, 1.54) is 17.5 Å². The molecule has 7 nitrogen and oxygen atoms in total. The Kier molecular flexibility index (Phi) is 5.69. The number of fused-ring (bicyclic) bond motifs is 1. The summed E-state index contributed by atoms with van der Waals surface area (Å²) in [5.41, 5.74) is 2.06. The first-order valence-electron chi connectivity index (χ1n) is 8.74. The first-order valence-corrected chi connectivity index (χ1v) is 10.6. The molecule has 0 saturated heterocycles. The van der Waals surface area contributed by atoms with Gasteiger partial charge >= 0.3 is 5.97 Å². The van der Waals surface area contributed by atoms with Crippen LogP contribution < -0.4 is 9.04 Å². The average molecular weight is 403 g/mol. The van der Waals surface area contributed by atoms with E-state index in [0.717, 1.165) is 11.8 Å². The van der Waals surface area contributed by atoms with Gasteiger partial charge in [0.2, 0.25) is 10.0 Å². The van der Waals surface area contributed by atoms with Crippen LogP contribution >= 0.6 is 0 Å². The highest BCUT2D eigenvalue weighted by atomic mass is 32.2. The lowest BCUT2D eigenvalue weighted by Crippen LogP contribution is -2.34. The normalized spacial score (nSPS) is 13.6. The highest BCUT2D eigenvalue weighted by Gasteiger charge is 2.25. The van der Waals surface area contributed by atoms with E-state index in [4.69, 9.17) is 9.47 Å². The fourth-order valence-electron chi connectivity index (χ4n) is 3.11. The topological polar surface area (TPSA) is 90.0 Å². The first-order chi connectivity index (χ1) is 13.3. The van der Waals surface area contributed by atoms with Gasteiger partial charge in [-0.3, -0.25) is 9.10 Å². The number of methoxy groups -OCH3 is 1. The Morgan fingerprint density at radius 2 is 1.75 bits per heavy atom. The van der Waals surface area contributed by atoms with Gasteiger partial charge in [0.05, 0.1) is 24.6 Å². The molecular formula is C20H21NO6S. The number of Topliss-reactive ketones (excluding diaryl/α,β-unsaturated/α-hetero) is 1. The van der Waals surface area contributed by atoms with Crippen molar-refractivity contribution in [2.45, 2.75) is 12.8 Å². The molecule has 0 aliphatic carbocycles. The van der Waals surface area contributed by atoms with E-state index in [1.807, 2.05) is 0 Å². The van der Waals surface area contributed by atoms with Crippen LogP contribution in [0.25, 0.3) is 0 Å². The zero-order chi connectivity index (χ0) is 20.3. The Morgan fingerprint density at radius 3 is 2.39 bits per heavy atom. The first kappa shape index (κ1) is 19.9. The fraction of sp³-hybridized carbons (Fsp3) is 0.300. The molecule has 0 atom stereocenters. The zero-order valence-electron chi connectivity index (χ0n) is 15.7. The molecule has 1 aliphatic heterocycles. The zero-order valence-corrected chi connectivity index (χ0v) is 16.5. The highest BCUT2D eigenvalue weighted by Crippen LogP contribution is 2.30. The van der Waals surface area contributed by atoms with Crippen LogP contribution in [0.2, 0.25) is 0 Å². The molecule has 1 heterocycles. The Balaban J connectivity index is 1.68. The molecule has 0 amide bonds. The number of benzene rings is 2. The number of hydrogen-bond donors (Lipinski definition) is 0. The van der Waals surface area contributed by atoms with Gasteiger partial charge in [0.15, 0.2) is 12.4 Å². The summed E-state index contributed by atoms with van der Waals surface area (Å²) in [5, 5.41) is 0. The van der Waals surface area contributed by atoms with Crippen molar-refractivity contribution in [3.8, 4) is 5.75 Å². The minimum absolute atomic E-state index is 0.289. The molecule has 0 N–H and O–H groups in total. The minimum Gasteiger partial charge on any atom is -0.497 e. The van der Waals surface area contributed by atoms with Crippen LogP contribution in [0, 0.1) is 0 Å². The molecule has 0 fully saturated rings. The van der Waals surface area contributed by atoms with Crippen molar-refractivity contribution in [1.29, 1.82) is 0 Å². The molecule has 2 aromatic rings. The average Bonchev–Trinajstić information content (AvgIpc) is 2.70. The molecule has 1 aliphatic rings. The van der Waals surface area contributed by atoms with Crippen LogP contribution in [-0.2, 0) is 21.2 Å². The van der Waals surface area contributed by atoms with Crippen molar-refractivity contribution in [2.24, 2.45) is 0 Å². The predicted molar refractivity (Wildman–Crippen MR) is 105 cm³/mol. The van der Waals surface area contributed by atoms with Gasteiger partial charge in [0.1, 0.15) is 5.75 Å². The van der Waals surface area contributed by atoms with E-state index in [-0.39, 0.29) is 18.0 Å². The molecule has 2 aromatic carbocycles. The Bertz CT molecular complexity index is 998. The summed E-state index contributed by atoms with van der Waals surface area (Å²) >= 11 is 0. The van der Waals surface area contributed by atoms with E-state index in [0.29, 0.717) is 36.4 Å². The summed E-state index contributed by atoms with van der Waals surface area (Å²) in [6.07, 6.45) is 2.51. The van der Waals surface area contributed by atoms with Crippen molar-refractivity contribution >= 4 is 27.5 Å². The summed E-state index contributed by atoms with van der Waals surface area (Å²) in [6, 6.07) is 11.3. The number of anilines is 1. The maximum absolute atomic E-state index is 12.3. The van der Waals surface area contributed by atoms with Gasteiger partial charge in [-0.1, -0.05) is 0 Å². The molecular weight excluding hydrogens is 382 g/mol. The second kappa shape index (κ2) is 8.02. The van der Waals surface area contributed by atoms with Crippen LogP contribution in [0.4, 0.5) is 5.69 Å². The molecule has 3 rings (SSSR count). The Morgan fingerprint density at radius 1 is 1.07 bits per heavy atom. The van der Waals surface area contributed by atoms with Gasteiger partial charge in [-0.05, 0) is 60.9 Å². The summed E-state index contributed by atoms with van der Waals surface area (Å²) in [6.45, 7) is 0.0453. The number of ketones is 1. The van der Waals surface area contributed by atoms with Crippen LogP contribution in [-0.4, -0.2) is 46.7 Å². The maximum Gasteiger partial charge on any atom is 0.338 e. The van der Waals surface area contributed by atoms with Crippen LogP contribution in [0.15, 0.2) is 42.5 Å². The van der Waals surface area contributed by atoms with Crippen LogP contribution in [0.3, 0.4) is 0 Å². The number of aryl methyl sites for hydroxylation is 1. The van der Waals surface area contributed by atoms with E-state index in [2.05, 4.69) is 0 Å². The van der Waals surface area contributed by atoms with Gasteiger partial charge in [-0.15, -0.1) is 0 Å². The van der Waals surface area contributed by atoms with Gasteiger partial charge in [0.25, 0.3) is 0 Å². The van der Waals surface area contributed by atoms with Crippen molar-refractivity contribution in [3.63, 3.8) is 0 Å². The number of carbonyl (C=O) groups excluding carboxylic acids is 2. The third-order valence-electron chi connectivity index (χ3n) is 4.54. The maximum atomic E-state index is 12.3. The van der Waals surface area contributed by atoms with E-state index < -0.39 is 16.0 Å². The van der Waals surface area contributed by atoms with E-state index >= 15 is 0 Å². The van der Waals surface area contributed by atoms with Crippen LogP contribution in [0.5, 0.6) is 5.75 Å². The number of ether oxygens (including phenoxy) is 2. The number of rotatable bonds is 6. The number of carbonyl (C=O) groups is 2. The van der Waals surface area contributed by atoms with Crippen molar-refractivity contribution < 1.29 is 27.5 Å². The third kappa shape index (κ3) is 4.33. The quantitative estimate of drug-likeness (QED) is 0.544. The number of hydrogen-bond acceptors (Lipinski definition) is 6. The lowest BCUT2D eigenvalue weighted by atomic mass is 10.0. The van der Waals surface area contributed by atoms with Gasteiger partial charge < -0.3 is 9.47 Å². The molecule has 0 aromatic heterocycles. The molecule has 0 bridgehead atoms. The largest absolute Gasteiger partial charge is 0.497 e. The van der Waals surface area contributed by atoms with Gasteiger partial charge in [-0.2, -0.15) is 0 Å². The van der Waals surface area contributed by atoms with Crippen molar-refractivity contribution in [2.75, 3.05) is 30.8 Å². The van der Waals surface area contributed by atoms with Crippen LogP contribution in [0.1, 0.15) is 32.7 Å². The second-order valence-electron chi connectivity index (χ2n) is 6.51. The summed E-state index contributed by atoms with van der Waals surface area (Å²) in [5.74, 6) is -0.316. The number of sulfonamides is 1. The Labute approximate surface area is 163 Å². The number of esters is 1. The minimum atomic E-state index is -3.37. The van der Waals surface area contributed by atoms with Gasteiger partial charge in [-0.25, -0.2) is 13.2 Å². The molecule has 0 unspecified atom stereocenters. The predicted octanol–water partition coefficient (Wildman–Crippen LogP) is 2.45. The number of nitrogens with zero attached hydrogens (tertiary/aromatic N) is 1. The van der Waals surface area contributed by atoms with E-state index in [1.54, 1.807) is 36.4 Å². The molecule has 148 valence electrons. The molecule has 0 saturated carbocycles. The standard InChI is InChI=1S/C20H21NO6S/c1-26-17-8-5-14(6-9-17)19(22)13-27-20(23)16-7-10-18-15(12-16)4-3-11-21(18)28(2,24)25/h5-10,12H,3-4,11,13H2,1-2H3. The lowest BCUT2D eigenvalue weighted by molar-refractivity contribution is 0.0474. The Hall–Kier alpha value is -2.87. The molecule has 28 heavy (non-hydrogen) atoms. The summed E-state index contributed by atoms with van der Waals surface area (Å²) in [7, 11) is -1.83.